The van der Waals surface area contributed by atoms with E-state index in [0.717, 1.165) is 15.6 Å². The zero-order valence-corrected chi connectivity index (χ0v) is 16.4. The van der Waals surface area contributed by atoms with E-state index in [4.69, 9.17) is 10.4 Å². The van der Waals surface area contributed by atoms with Crippen molar-refractivity contribution >= 4 is 23.9 Å². The fourth-order valence-corrected chi connectivity index (χ4v) is 5.56. The molecule has 0 spiro atoms. The van der Waals surface area contributed by atoms with Crippen LogP contribution in [0.2, 0.25) is 0 Å². The minimum absolute atomic E-state index is 1.01. The molecule has 0 bridgehead atoms. The van der Waals surface area contributed by atoms with E-state index in [9.17, 15) is 4.80 Å². The Morgan fingerprint density at radius 2 is 0.750 bits per heavy atom. The van der Waals surface area contributed by atoms with Gasteiger partial charge in [-0.2, -0.15) is 0 Å². The Hall–Kier alpha value is -2.10. The van der Waals surface area contributed by atoms with Crippen molar-refractivity contribution in [3.8, 4) is 0 Å². The van der Waals surface area contributed by atoms with Gasteiger partial charge < -0.3 is 4.80 Å². The molecular formula is C18H16O4ReSi. The van der Waals surface area contributed by atoms with E-state index < -0.39 is 25.0 Å². The molecule has 3 aromatic rings. The molecule has 0 aliphatic heterocycles. The van der Waals surface area contributed by atoms with Crippen molar-refractivity contribution < 1.29 is 31.8 Å². The average molecular weight is 511 g/mol. The predicted molar refractivity (Wildman–Crippen MR) is 88.3 cm³/mol. The van der Waals surface area contributed by atoms with Gasteiger partial charge in [-0.25, -0.2) is 0 Å². The van der Waals surface area contributed by atoms with Crippen LogP contribution in [0, 0.1) is 0 Å². The Labute approximate surface area is 146 Å². The van der Waals surface area contributed by atoms with Crippen molar-refractivity contribution in [2.45, 2.75) is 0 Å². The van der Waals surface area contributed by atoms with Crippen LogP contribution in [-0.2, 0) is 27.0 Å². The first-order valence-corrected chi connectivity index (χ1v) is 12.4. The second kappa shape index (κ2) is 8.67. The Balaban J connectivity index is 0.000000471. The van der Waals surface area contributed by atoms with Crippen LogP contribution < -0.4 is 15.6 Å². The molecular weight excluding hydrogens is 494 g/mol. The second-order valence-corrected chi connectivity index (χ2v) is 9.51. The molecule has 0 aromatic heterocycles. The van der Waals surface area contributed by atoms with Crippen molar-refractivity contribution in [2.24, 2.45) is 0 Å². The third-order valence-corrected chi connectivity index (χ3v) is 7.08. The van der Waals surface area contributed by atoms with Gasteiger partial charge in [-0.1, -0.05) is 91.0 Å². The summed E-state index contributed by atoms with van der Waals surface area (Å²) in [5.41, 5.74) is 0. The van der Waals surface area contributed by atoms with Gasteiger partial charge in [0.15, 0.2) is 0 Å². The van der Waals surface area contributed by atoms with Crippen LogP contribution in [0.5, 0.6) is 0 Å². The van der Waals surface area contributed by atoms with Crippen molar-refractivity contribution in [3.05, 3.63) is 91.0 Å². The molecule has 123 valence electrons. The van der Waals surface area contributed by atoms with Crippen LogP contribution >= 0.6 is 0 Å². The monoisotopic (exact) mass is 511 g/mol. The zero-order valence-electron chi connectivity index (χ0n) is 12.7. The van der Waals surface area contributed by atoms with E-state index >= 15 is 0 Å². The van der Waals surface area contributed by atoms with Crippen LogP contribution in [0.15, 0.2) is 91.0 Å². The minimum atomic E-state index is -4.21. The molecule has 0 saturated carbocycles. The van der Waals surface area contributed by atoms with Gasteiger partial charge >= 0.3 is 27.0 Å². The zero-order chi connectivity index (χ0) is 17.4. The molecule has 0 saturated heterocycles. The van der Waals surface area contributed by atoms with Gasteiger partial charge in [-0.05, 0) is 15.6 Å². The molecule has 0 fully saturated rings. The summed E-state index contributed by atoms with van der Waals surface area (Å²) in [6.07, 6.45) is 0. The summed E-state index contributed by atoms with van der Waals surface area (Å²) >= 11 is -4.21. The molecule has 1 N–H and O–H groups in total. The van der Waals surface area contributed by atoms with E-state index in [1.165, 1.54) is 0 Å². The molecule has 3 rings (SSSR count). The summed E-state index contributed by atoms with van der Waals surface area (Å²) in [6, 6.07) is 30.0. The van der Waals surface area contributed by atoms with E-state index in [2.05, 4.69) is 0 Å². The number of rotatable bonds is 3. The quantitative estimate of drug-likeness (QED) is 0.426. The second-order valence-electron chi connectivity index (χ2n) is 5.00. The van der Waals surface area contributed by atoms with Gasteiger partial charge in [-0.15, -0.1) is 0 Å². The van der Waals surface area contributed by atoms with Gasteiger partial charge in [0, 0.05) is 0 Å². The SMILES string of the molecule is O[Si](c1ccccc1)(c1ccccc1)c1ccccc1.[O]=[Re](=[O])=[O]. The first-order chi connectivity index (χ1) is 11.5. The third kappa shape index (κ3) is 4.46. The summed E-state index contributed by atoms with van der Waals surface area (Å²) < 4.78 is 25.8. The fourth-order valence-electron chi connectivity index (χ4n) is 2.54. The summed E-state index contributed by atoms with van der Waals surface area (Å²) in [7, 11) is -2.88. The van der Waals surface area contributed by atoms with Crippen LogP contribution in [0.25, 0.3) is 0 Å². The molecule has 0 unspecified atom stereocenters. The average Bonchev–Trinajstić information content (AvgIpc) is 2.63. The molecule has 0 radical (unpaired) electrons. The summed E-state index contributed by atoms with van der Waals surface area (Å²) in [4.78, 5) is 11.6. The maximum absolute atomic E-state index is 11.6. The molecule has 0 heterocycles. The van der Waals surface area contributed by atoms with E-state index in [-0.39, 0.29) is 0 Å². The number of benzene rings is 3. The van der Waals surface area contributed by atoms with Gasteiger partial charge in [0.2, 0.25) is 0 Å². The molecule has 4 nitrogen and oxygen atoms in total. The Kier molecular flexibility index (Phi) is 6.59. The summed E-state index contributed by atoms with van der Waals surface area (Å²) in [5.74, 6) is 0. The van der Waals surface area contributed by atoms with Gasteiger partial charge in [0.1, 0.15) is 0 Å². The Morgan fingerprint density at radius 1 is 0.542 bits per heavy atom. The van der Waals surface area contributed by atoms with Gasteiger partial charge in [-0.3, -0.25) is 0 Å². The molecule has 6 heteroatoms. The van der Waals surface area contributed by atoms with Crippen molar-refractivity contribution in [3.63, 3.8) is 0 Å². The van der Waals surface area contributed by atoms with Crippen molar-refractivity contribution in [1.29, 1.82) is 0 Å². The van der Waals surface area contributed by atoms with Crippen LogP contribution in [0.1, 0.15) is 0 Å². The van der Waals surface area contributed by atoms with Crippen molar-refractivity contribution in [1.82, 2.24) is 0 Å². The van der Waals surface area contributed by atoms with Gasteiger partial charge in [0.25, 0.3) is 8.32 Å². The van der Waals surface area contributed by atoms with Crippen LogP contribution in [0.3, 0.4) is 0 Å². The fraction of sp³-hybridized carbons (Fsp3) is 0. The normalized spacial score (nSPS) is 10.4. The molecule has 0 atom stereocenters. The number of hydrogen-bond donors (Lipinski definition) is 1. The maximum atomic E-state index is 11.6. The first kappa shape index (κ1) is 18.2. The van der Waals surface area contributed by atoms with E-state index in [1.54, 1.807) is 0 Å². The van der Waals surface area contributed by atoms with E-state index in [0.29, 0.717) is 0 Å². The van der Waals surface area contributed by atoms with Crippen LogP contribution in [-0.4, -0.2) is 13.1 Å². The van der Waals surface area contributed by atoms with E-state index in [1.807, 2.05) is 91.0 Å². The Morgan fingerprint density at radius 3 is 0.958 bits per heavy atom. The third-order valence-electron chi connectivity index (χ3n) is 3.57. The standard InChI is InChI=1S/C18H16OSi.3O.Re/c19-20(16-10-4-1-5-11-16,17-12-6-2-7-13-17)18-14-8-3-9-15-18;;;;/h1-15,19H;;;;. The van der Waals surface area contributed by atoms with Crippen molar-refractivity contribution in [2.75, 3.05) is 0 Å². The molecule has 0 aliphatic carbocycles. The topological polar surface area (TPSA) is 71.4 Å². The molecule has 24 heavy (non-hydrogen) atoms. The summed E-state index contributed by atoms with van der Waals surface area (Å²) in [6.45, 7) is 0. The molecule has 0 aliphatic rings. The van der Waals surface area contributed by atoms with Gasteiger partial charge in [0.05, 0.1) is 0 Å². The molecule has 0 amide bonds. The first-order valence-electron chi connectivity index (χ1n) is 7.17. The predicted octanol–water partition coefficient (Wildman–Crippen LogP) is 1.29. The number of hydrogen-bond acceptors (Lipinski definition) is 4. The summed E-state index contributed by atoms with van der Waals surface area (Å²) in [5, 5.41) is 3.03. The van der Waals surface area contributed by atoms with Crippen LogP contribution in [0.4, 0.5) is 0 Å². The Bertz CT molecular complexity index is 764. The molecule has 3 aromatic carbocycles.